The second kappa shape index (κ2) is 6.61. The minimum absolute atomic E-state index is 0.172. The van der Waals surface area contributed by atoms with Crippen LogP contribution >= 0.6 is 0 Å². The molecule has 0 radical (unpaired) electrons. The molecule has 3 atom stereocenters. The van der Waals surface area contributed by atoms with Crippen LogP contribution in [0.4, 0.5) is 4.79 Å². The molecule has 2 rings (SSSR count). The average Bonchev–Trinajstić information content (AvgIpc) is 2.70. The SMILES string of the molecule is CC(C)(C)OC(=O)N1[C@@H]2CC[C@H]1[C@@H](CO[Si](C)(C)C(C)(C)C)NC2. The first kappa shape index (κ1) is 19.7. The molecule has 0 aliphatic carbocycles. The van der Waals surface area contributed by atoms with E-state index in [1.54, 1.807) is 0 Å². The molecule has 0 saturated carbocycles. The predicted octanol–water partition coefficient (Wildman–Crippen LogP) is 3.75. The summed E-state index contributed by atoms with van der Waals surface area (Å²) in [6.45, 7) is 18.6. The van der Waals surface area contributed by atoms with Gasteiger partial charge >= 0.3 is 6.09 Å². The Morgan fingerprint density at radius 1 is 1.17 bits per heavy atom. The molecule has 0 aromatic carbocycles. The Balaban J connectivity index is 2.02. The van der Waals surface area contributed by atoms with Gasteiger partial charge in [-0.2, -0.15) is 0 Å². The van der Waals surface area contributed by atoms with Crippen molar-refractivity contribution in [2.24, 2.45) is 0 Å². The lowest BCUT2D eigenvalue weighted by Crippen LogP contribution is -2.62. The van der Waals surface area contributed by atoms with Crippen molar-refractivity contribution in [2.45, 2.75) is 96.2 Å². The van der Waals surface area contributed by atoms with Crippen LogP contribution in [0.3, 0.4) is 0 Å². The van der Waals surface area contributed by atoms with E-state index >= 15 is 0 Å². The molecule has 2 bridgehead atoms. The zero-order valence-electron chi connectivity index (χ0n) is 16.7. The first-order valence-electron chi connectivity index (χ1n) is 9.20. The molecule has 0 aromatic rings. The third-order valence-corrected chi connectivity index (χ3v) is 10.2. The van der Waals surface area contributed by atoms with E-state index in [1.807, 2.05) is 25.7 Å². The normalized spacial score (nSPS) is 28.2. The van der Waals surface area contributed by atoms with Crippen molar-refractivity contribution in [2.75, 3.05) is 13.2 Å². The average molecular weight is 357 g/mol. The van der Waals surface area contributed by atoms with Gasteiger partial charge in [0, 0.05) is 18.6 Å². The van der Waals surface area contributed by atoms with Crippen LogP contribution in [0.15, 0.2) is 0 Å². The molecule has 6 heteroatoms. The molecule has 0 unspecified atom stereocenters. The topological polar surface area (TPSA) is 50.8 Å². The standard InChI is InChI=1S/C18H36N2O3Si/c1-17(2,3)23-16(21)20-13-9-10-15(20)14(19-11-13)12-22-24(7,8)18(4,5)6/h13-15,19H,9-12H2,1-8H3/t13-,14-,15+/m1/s1. The van der Waals surface area contributed by atoms with Crippen LogP contribution in [-0.4, -0.2) is 56.2 Å². The van der Waals surface area contributed by atoms with Crippen LogP contribution in [-0.2, 0) is 9.16 Å². The highest BCUT2D eigenvalue weighted by molar-refractivity contribution is 6.74. The van der Waals surface area contributed by atoms with Crippen molar-refractivity contribution >= 4 is 14.4 Å². The van der Waals surface area contributed by atoms with E-state index in [2.05, 4.69) is 39.2 Å². The third kappa shape index (κ3) is 4.32. The van der Waals surface area contributed by atoms with E-state index in [0.717, 1.165) is 19.4 Å². The van der Waals surface area contributed by atoms with Crippen LogP contribution in [0.25, 0.3) is 0 Å². The summed E-state index contributed by atoms with van der Waals surface area (Å²) in [6, 6.07) is 0.641. The molecule has 1 amide bonds. The number of nitrogens with one attached hydrogen (secondary N) is 1. The lowest BCUT2D eigenvalue weighted by molar-refractivity contribution is 0.000824. The van der Waals surface area contributed by atoms with Gasteiger partial charge in [0.15, 0.2) is 8.32 Å². The quantitative estimate of drug-likeness (QED) is 0.783. The fourth-order valence-corrected chi connectivity index (χ4v) is 4.24. The maximum absolute atomic E-state index is 12.6. The van der Waals surface area contributed by atoms with Crippen LogP contribution in [0, 0.1) is 0 Å². The number of hydrogen-bond donors (Lipinski definition) is 1. The van der Waals surface area contributed by atoms with E-state index in [1.165, 1.54) is 0 Å². The van der Waals surface area contributed by atoms with Gasteiger partial charge in [-0.3, -0.25) is 4.90 Å². The maximum atomic E-state index is 12.6. The van der Waals surface area contributed by atoms with Crippen molar-refractivity contribution < 1.29 is 14.0 Å². The van der Waals surface area contributed by atoms with Crippen molar-refractivity contribution in [3.8, 4) is 0 Å². The highest BCUT2D eigenvalue weighted by atomic mass is 28.4. The van der Waals surface area contributed by atoms with E-state index in [0.29, 0.717) is 6.61 Å². The van der Waals surface area contributed by atoms with Crippen LogP contribution in [0.1, 0.15) is 54.4 Å². The minimum Gasteiger partial charge on any atom is -0.444 e. The van der Waals surface area contributed by atoms with Crippen LogP contribution in [0.2, 0.25) is 18.1 Å². The highest BCUT2D eigenvalue weighted by Gasteiger charge is 2.47. The summed E-state index contributed by atoms with van der Waals surface area (Å²) in [4.78, 5) is 14.6. The summed E-state index contributed by atoms with van der Waals surface area (Å²) >= 11 is 0. The van der Waals surface area contributed by atoms with Crippen molar-refractivity contribution in [3.63, 3.8) is 0 Å². The van der Waals surface area contributed by atoms with Crippen LogP contribution < -0.4 is 5.32 Å². The van der Waals surface area contributed by atoms with Crippen molar-refractivity contribution in [1.82, 2.24) is 10.2 Å². The Morgan fingerprint density at radius 2 is 1.79 bits per heavy atom. The highest BCUT2D eigenvalue weighted by Crippen LogP contribution is 2.37. The number of nitrogens with zero attached hydrogens (tertiary/aromatic N) is 1. The number of amides is 1. The number of ether oxygens (including phenoxy) is 1. The third-order valence-electron chi connectivity index (χ3n) is 5.66. The van der Waals surface area contributed by atoms with Gasteiger partial charge in [0.2, 0.25) is 0 Å². The molecule has 2 saturated heterocycles. The number of rotatable bonds is 3. The Labute approximate surface area is 148 Å². The molecular formula is C18H36N2O3Si. The molecule has 24 heavy (non-hydrogen) atoms. The molecule has 2 aliphatic heterocycles. The molecular weight excluding hydrogens is 320 g/mol. The van der Waals surface area contributed by atoms with Gasteiger partial charge in [0.05, 0.1) is 12.6 Å². The van der Waals surface area contributed by atoms with Gasteiger partial charge in [-0.25, -0.2) is 4.79 Å². The number of carbonyl (C=O) groups is 1. The molecule has 0 aromatic heterocycles. The monoisotopic (exact) mass is 356 g/mol. The number of piperazine rings is 1. The molecule has 2 fully saturated rings. The van der Waals surface area contributed by atoms with Gasteiger partial charge < -0.3 is 14.5 Å². The lowest BCUT2D eigenvalue weighted by atomic mass is 10.1. The maximum Gasteiger partial charge on any atom is 0.410 e. The van der Waals surface area contributed by atoms with Crippen molar-refractivity contribution in [3.05, 3.63) is 0 Å². The van der Waals surface area contributed by atoms with E-state index in [4.69, 9.17) is 9.16 Å². The lowest BCUT2D eigenvalue weighted by Gasteiger charge is -2.43. The minimum atomic E-state index is -1.78. The number of hydrogen-bond acceptors (Lipinski definition) is 4. The van der Waals surface area contributed by atoms with Crippen molar-refractivity contribution in [1.29, 1.82) is 0 Å². The Morgan fingerprint density at radius 3 is 2.33 bits per heavy atom. The van der Waals surface area contributed by atoms with Gasteiger partial charge in [-0.15, -0.1) is 0 Å². The summed E-state index contributed by atoms with van der Waals surface area (Å²) in [5.41, 5.74) is -0.450. The molecule has 140 valence electrons. The number of fused-ring (bicyclic) bond motifs is 2. The first-order chi connectivity index (χ1) is 10.8. The summed E-state index contributed by atoms with van der Waals surface area (Å²) in [5, 5.41) is 3.80. The van der Waals surface area contributed by atoms with Gasteiger partial charge in [-0.05, 0) is 51.7 Å². The fraction of sp³-hybridized carbons (Fsp3) is 0.944. The smallest absolute Gasteiger partial charge is 0.410 e. The summed E-state index contributed by atoms with van der Waals surface area (Å²) in [5.74, 6) is 0. The molecule has 2 aliphatic rings. The van der Waals surface area contributed by atoms with E-state index in [9.17, 15) is 4.79 Å². The summed E-state index contributed by atoms with van der Waals surface area (Å²) < 4.78 is 12.0. The second-order valence-corrected chi connectivity index (χ2v) is 14.6. The van der Waals surface area contributed by atoms with Gasteiger partial charge in [0.25, 0.3) is 0 Å². The Hall–Kier alpha value is -0.593. The molecule has 2 heterocycles. The first-order valence-corrected chi connectivity index (χ1v) is 12.1. The number of carbonyl (C=O) groups excluding carboxylic acids is 1. The van der Waals surface area contributed by atoms with E-state index in [-0.39, 0.29) is 29.3 Å². The van der Waals surface area contributed by atoms with Gasteiger partial charge in [-0.1, -0.05) is 20.8 Å². The fourth-order valence-electron chi connectivity index (χ4n) is 3.21. The summed E-state index contributed by atoms with van der Waals surface area (Å²) in [7, 11) is -1.78. The predicted molar refractivity (Wildman–Crippen MR) is 99.8 cm³/mol. The Bertz CT molecular complexity index is 468. The molecule has 1 N–H and O–H groups in total. The largest absolute Gasteiger partial charge is 0.444 e. The zero-order chi connectivity index (χ0) is 18.3. The molecule has 5 nitrogen and oxygen atoms in total. The van der Waals surface area contributed by atoms with E-state index < -0.39 is 13.9 Å². The zero-order valence-corrected chi connectivity index (χ0v) is 17.7. The molecule has 0 spiro atoms. The second-order valence-electron chi connectivity index (χ2n) is 9.77. The Kier molecular flexibility index (Phi) is 5.44. The van der Waals surface area contributed by atoms with Gasteiger partial charge in [0.1, 0.15) is 5.60 Å². The summed E-state index contributed by atoms with van der Waals surface area (Å²) in [6.07, 6.45) is 1.91. The van der Waals surface area contributed by atoms with Crippen LogP contribution in [0.5, 0.6) is 0 Å².